The third-order valence-electron chi connectivity index (χ3n) is 4.31. The average molecular weight is 281 g/mol. The summed E-state index contributed by atoms with van der Waals surface area (Å²) in [6, 6.07) is 6.48. The van der Waals surface area contributed by atoms with Gasteiger partial charge in [-0.25, -0.2) is 0 Å². The van der Waals surface area contributed by atoms with Gasteiger partial charge in [0.25, 0.3) is 0 Å². The van der Waals surface area contributed by atoms with E-state index in [1.807, 2.05) is 12.1 Å². The van der Waals surface area contributed by atoms with Gasteiger partial charge >= 0.3 is 0 Å². The zero-order chi connectivity index (χ0) is 13.2. The van der Waals surface area contributed by atoms with Crippen LogP contribution in [0, 0.1) is 0 Å². The van der Waals surface area contributed by atoms with E-state index in [0.29, 0.717) is 18.7 Å². The molecule has 2 fully saturated rings. The van der Waals surface area contributed by atoms with Gasteiger partial charge in [0.05, 0.1) is 29.5 Å². The van der Waals surface area contributed by atoms with Crippen LogP contribution in [-0.2, 0) is 11.3 Å². The van der Waals surface area contributed by atoms with Gasteiger partial charge in [-0.15, -0.1) is 0 Å². The van der Waals surface area contributed by atoms with Crippen molar-refractivity contribution in [2.75, 3.05) is 18.1 Å². The third kappa shape index (κ3) is 2.47. The highest BCUT2D eigenvalue weighted by atomic mass is 35.5. The highest BCUT2D eigenvalue weighted by Crippen LogP contribution is 2.37. The van der Waals surface area contributed by atoms with Crippen molar-refractivity contribution < 1.29 is 4.74 Å². The van der Waals surface area contributed by atoms with Gasteiger partial charge in [0.1, 0.15) is 0 Å². The minimum absolute atomic E-state index is 0.365. The second-order valence-electron chi connectivity index (χ2n) is 5.41. The highest BCUT2D eigenvalue weighted by molar-refractivity contribution is 6.33. The van der Waals surface area contributed by atoms with E-state index in [-0.39, 0.29) is 0 Å². The Morgan fingerprint density at radius 1 is 1.32 bits per heavy atom. The smallest absolute Gasteiger partial charge is 0.0779 e. The number of morpholine rings is 1. The van der Waals surface area contributed by atoms with Gasteiger partial charge in [0.2, 0.25) is 0 Å². The Bertz CT molecular complexity index is 450. The van der Waals surface area contributed by atoms with E-state index in [2.05, 4.69) is 11.0 Å². The Kier molecular flexibility index (Phi) is 3.96. The summed E-state index contributed by atoms with van der Waals surface area (Å²) in [6.45, 7) is 2.24. The van der Waals surface area contributed by atoms with Crippen molar-refractivity contribution >= 4 is 17.3 Å². The highest BCUT2D eigenvalue weighted by Gasteiger charge is 2.35. The molecule has 0 bridgehead atoms. The first-order valence-electron chi connectivity index (χ1n) is 7.17. The van der Waals surface area contributed by atoms with Gasteiger partial charge in [-0.05, 0) is 24.5 Å². The number of nitrogens with zero attached hydrogens (tertiary/aromatic N) is 1. The number of halogens is 1. The number of anilines is 1. The predicted octanol–water partition coefficient (Wildman–Crippen LogP) is 2.95. The van der Waals surface area contributed by atoms with E-state index in [1.165, 1.54) is 25.7 Å². The molecule has 0 aromatic heterocycles. The van der Waals surface area contributed by atoms with Crippen molar-refractivity contribution in [1.29, 1.82) is 0 Å². The molecule has 1 heterocycles. The molecule has 3 rings (SSSR count). The molecule has 4 heteroatoms. The minimum atomic E-state index is 0.365. The molecule has 1 saturated heterocycles. The van der Waals surface area contributed by atoms with Crippen molar-refractivity contribution in [1.82, 2.24) is 0 Å². The summed E-state index contributed by atoms with van der Waals surface area (Å²) >= 11 is 6.43. The molecule has 1 saturated carbocycles. The quantitative estimate of drug-likeness (QED) is 0.905. The number of ether oxygens (including phenoxy) is 1. The Morgan fingerprint density at radius 2 is 2.16 bits per heavy atom. The first kappa shape index (κ1) is 13.2. The van der Waals surface area contributed by atoms with Gasteiger partial charge in [-0.1, -0.05) is 36.6 Å². The lowest BCUT2D eigenvalue weighted by Crippen LogP contribution is -2.53. The number of rotatable bonds is 2. The molecule has 1 aromatic carbocycles. The van der Waals surface area contributed by atoms with Crippen LogP contribution in [0.1, 0.15) is 31.2 Å². The molecule has 3 nitrogen and oxygen atoms in total. The lowest BCUT2D eigenvalue weighted by molar-refractivity contribution is -0.00872. The summed E-state index contributed by atoms with van der Waals surface area (Å²) in [5, 5.41) is 0.814. The van der Waals surface area contributed by atoms with Crippen LogP contribution in [0.2, 0.25) is 5.02 Å². The van der Waals surface area contributed by atoms with E-state index >= 15 is 0 Å². The molecule has 2 atom stereocenters. The summed E-state index contributed by atoms with van der Waals surface area (Å²) < 4.78 is 5.93. The average Bonchev–Trinajstić information content (AvgIpc) is 2.46. The zero-order valence-electron chi connectivity index (χ0n) is 11.1. The van der Waals surface area contributed by atoms with Crippen LogP contribution < -0.4 is 10.6 Å². The van der Waals surface area contributed by atoms with E-state index < -0.39 is 0 Å². The Labute approximate surface area is 119 Å². The number of fused-ring (bicyclic) bond motifs is 1. The van der Waals surface area contributed by atoms with Crippen molar-refractivity contribution in [3.8, 4) is 0 Å². The van der Waals surface area contributed by atoms with Crippen LogP contribution in [0.5, 0.6) is 0 Å². The van der Waals surface area contributed by atoms with E-state index in [4.69, 9.17) is 22.1 Å². The van der Waals surface area contributed by atoms with Gasteiger partial charge in [-0.3, -0.25) is 0 Å². The van der Waals surface area contributed by atoms with Crippen molar-refractivity contribution in [2.45, 2.75) is 44.4 Å². The molecule has 1 aromatic rings. The summed E-state index contributed by atoms with van der Waals surface area (Å²) in [5.41, 5.74) is 8.15. The van der Waals surface area contributed by atoms with Crippen LogP contribution in [-0.4, -0.2) is 25.3 Å². The van der Waals surface area contributed by atoms with Crippen LogP contribution in [0.25, 0.3) is 0 Å². The van der Waals surface area contributed by atoms with Crippen molar-refractivity contribution in [3.05, 3.63) is 28.8 Å². The monoisotopic (exact) mass is 280 g/mol. The van der Waals surface area contributed by atoms with Crippen LogP contribution >= 0.6 is 11.6 Å². The molecule has 2 N–H and O–H groups in total. The van der Waals surface area contributed by atoms with Crippen molar-refractivity contribution in [2.24, 2.45) is 5.73 Å². The standard InChI is InChI=1S/C15H21ClN2O/c16-12-5-3-4-11(10-17)15(12)18-8-9-19-14-7-2-1-6-13(14)18/h3-5,13-14H,1-2,6-10,17H2. The van der Waals surface area contributed by atoms with Crippen LogP contribution in [0.3, 0.4) is 0 Å². The topological polar surface area (TPSA) is 38.5 Å². The first-order chi connectivity index (χ1) is 9.31. The fourth-order valence-corrected chi connectivity index (χ4v) is 3.72. The van der Waals surface area contributed by atoms with Gasteiger partial charge in [0.15, 0.2) is 0 Å². The molecule has 0 spiro atoms. The minimum Gasteiger partial charge on any atom is -0.374 e. The number of hydrogen-bond acceptors (Lipinski definition) is 3. The number of benzene rings is 1. The van der Waals surface area contributed by atoms with Gasteiger partial charge in [0, 0.05) is 13.1 Å². The fourth-order valence-electron chi connectivity index (χ4n) is 3.42. The molecule has 104 valence electrons. The molecule has 19 heavy (non-hydrogen) atoms. The normalized spacial score (nSPS) is 27.2. The summed E-state index contributed by atoms with van der Waals surface area (Å²) in [7, 11) is 0. The maximum Gasteiger partial charge on any atom is 0.0779 e. The molecule has 2 unspecified atom stereocenters. The lowest BCUT2D eigenvalue weighted by atomic mass is 9.89. The maximum atomic E-state index is 6.43. The Hall–Kier alpha value is -0.770. The van der Waals surface area contributed by atoms with Gasteiger partial charge < -0.3 is 15.4 Å². The first-order valence-corrected chi connectivity index (χ1v) is 7.55. The fraction of sp³-hybridized carbons (Fsp3) is 0.600. The predicted molar refractivity (Wildman–Crippen MR) is 78.7 cm³/mol. The summed E-state index contributed by atoms with van der Waals surface area (Å²) in [4.78, 5) is 2.44. The number of para-hydroxylation sites is 1. The maximum absolute atomic E-state index is 6.43. The Morgan fingerprint density at radius 3 is 3.00 bits per heavy atom. The van der Waals surface area contributed by atoms with E-state index in [1.54, 1.807) is 0 Å². The summed E-state index contributed by atoms with van der Waals surface area (Å²) in [6.07, 6.45) is 5.29. The van der Waals surface area contributed by atoms with Crippen LogP contribution in [0.4, 0.5) is 5.69 Å². The zero-order valence-corrected chi connectivity index (χ0v) is 11.9. The number of nitrogens with two attached hydrogens (primary N) is 1. The lowest BCUT2D eigenvalue weighted by Gasteiger charge is -2.46. The molecule has 0 amide bonds. The molecule has 1 aliphatic heterocycles. The SMILES string of the molecule is NCc1cccc(Cl)c1N1CCOC2CCCCC21. The Balaban J connectivity index is 1.96. The van der Waals surface area contributed by atoms with E-state index in [0.717, 1.165) is 29.4 Å². The summed E-state index contributed by atoms with van der Waals surface area (Å²) in [5.74, 6) is 0. The molecule has 2 aliphatic rings. The van der Waals surface area contributed by atoms with E-state index in [9.17, 15) is 0 Å². The molecular formula is C15H21ClN2O. The second-order valence-corrected chi connectivity index (χ2v) is 5.81. The van der Waals surface area contributed by atoms with Gasteiger partial charge in [-0.2, -0.15) is 0 Å². The second kappa shape index (κ2) is 5.70. The molecular weight excluding hydrogens is 260 g/mol. The molecule has 1 aliphatic carbocycles. The third-order valence-corrected chi connectivity index (χ3v) is 4.61. The largest absolute Gasteiger partial charge is 0.374 e. The van der Waals surface area contributed by atoms with Crippen molar-refractivity contribution in [3.63, 3.8) is 0 Å². The molecule has 0 radical (unpaired) electrons. The van der Waals surface area contributed by atoms with Crippen LogP contribution in [0.15, 0.2) is 18.2 Å². The number of hydrogen-bond donors (Lipinski definition) is 1.